The van der Waals surface area contributed by atoms with E-state index < -0.39 is 10.0 Å². The Labute approximate surface area is 135 Å². The van der Waals surface area contributed by atoms with E-state index in [-0.39, 0.29) is 12.5 Å². The fraction of sp³-hybridized carbons (Fsp3) is 0.188. The molecule has 0 atom stereocenters. The van der Waals surface area contributed by atoms with E-state index in [1.54, 1.807) is 48.5 Å². The number of carbonyl (C=O) groups excluding carboxylic acids is 1. The summed E-state index contributed by atoms with van der Waals surface area (Å²) in [5.41, 5.74) is 1.59. The van der Waals surface area contributed by atoms with Crippen molar-refractivity contribution < 1.29 is 17.9 Å². The van der Waals surface area contributed by atoms with Crippen LogP contribution in [0.4, 0.5) is 5.69 Å². The van der Waals surface area contributed by atoms with Gasteiger partial charge in [0.05, 0.1) is 19.1 Å². The fourth-order valence-electron chi connectivity index (χ4n) is 2.02. The molecule has 0 aliphatic heterocycles. The van der Waals surface area contributed by atoms with Gasteiger partial charge in [0.25, 0.3) is 5.91 Å². The number of sulfonamides is 1. The molecule has 0 heterocycles. The second-order valence-corrected chi connectivity index (χ2v) is 6.69. The maximum atomic E-state index is 12.2. The van der Waals surface area contributed by atoms with E-state index in [0.29, 0.717) is 22.6 Å². The average Bonchev–Trinajstić information content (AvgIpc) is 2.52. The standard InChI is InChI=1S/C16H18N2O4S/c1-22-14-8-5-7-12(10-14)16(19)17-11-13-6-3-4-9-15(13)18-23(2,20)21/h3-10,18H,11H2,1-2H3,(H,17,19). The van der Waals surface area contributed by atoms with Gasteiger partial charge < -0.3 is 10.1 Å². The van der Waals surface area contributed by atoms with Gasteiger partial charge in [0.2, 0.25) is 10.0 Å². The van der Waals surface area contributed by atoms with Crippen molar-refractivity contribution in [2.24, 2.45) is 0 Å². The summed E-state index contributed by atoms with van der Waals surface area (Å²) in [4.78, 5) is 12.2. The molecule has 1 amide bonds. The monoisotopic (exact) mass is 334 g/mol. The van der Waals surface area contributed by atoms with Crippen LogP contribution in [0.1, 0.15) is 15.9 Å². The first-order valence-electron chi connectivity index (χ1n) is 6.87. The summed E-state index contributed by atoms with van der Waals surface area (Å²) < 4.78 is 30.3. The number of carbonyl (C=O) groups is 1. The van der Waals surface area contributed by atoms with Crippen molar-refractivity contribution in [1.82, 2.24) is 5.32 Å². The van der Waals surface area contributed by atoms with E-state index in [1.807, 2.05) is 0 Å². The van der Waals surface area contributed by atoms with E-state index in [1.165, 1.54) is 7.11 Å². The molecule has 0 bridgehead atoms. The molecule has 122 valence electrons. The number of rotatable bonds is 6. The highest BCUT2D eigenvalue weighted by atomic mass is 32.2. The number of methoxy groups -OCH3 is 1. The number of benzene rings is 2. The lowest BCUT2D eigenvalue weighted by Gasteiger charge is -2.12. The Kier molecular flexibility index (Phi) is 5.23. The van der Waals surface area contributed by atoms with Crippen LogP contribution in [0.2, 0.25) is 0 Å². The van der Waals surface area contributed by atoms with Crippen LogP contribution in [0, 0.1) is 0 Å². The molecule has 2 rings (SSSR count). The van der Waals surface area contributed by atoms with Crippen LogP contribution in [0.25, 0.3) is 0 Å². The van der Waals surface area contributed by atoms with Crippen LogP contribution < -0.4 is 14.8 Å². The third-order valence-electron chi connectivity index (χ3n) is 3.08. The Balaban J connectivity index is 2.10. The lowest BCUT2D eigenvalue weighted by atomic mass is 10.1. The molecule has 6 nitrogen and oxygen atoms in total. The molecular weight excluding hydrogens is 316 g/mol. The van der Waals surface area contributed by atoms with E-state index in [4.69, 9.17) is 4.74 Å². The Hall–Kier alpha value is -2.54. The molecular formula is C16H18N2O4S. The smallest absolute Gasteiger partial charge is 0.251 e. The third-order valence-corrected chi connectivity index (χ3v) is 3.67. The average molecular weight is 334 g/mol. The number of ether oxygens (including phenoxy) is 1. The highest BCUT2D eigenvalue weighted by Crippen LogP contribution is 2.17. The molecule has 0 radical (unpaired) electrons. The Morgan fingerprint density at radius 2 is 1.87 bits per heavy atom. The van der Waals surface area contributed by atoms with E-state index in [9.17, 15) is 13.2 Å². The molecule has 0 aliphatic carbocycles. The zero-order valence-electron chi connectivity index (χ0n) is 12.9. The molecule has 2 N–H and O–H groups in total. The first kappa shape index (κ1) is 16.8. The Bertz CT molecular complexity index is 803. The minimum Gasteiger partial charge on any atom is -0.497 e. The van der Waals surface area contributed by atoms with Crippen molar-refractivity contribution in [2.45, 2.75) is 6.54 Å². The Morgan fingerprint density at radius 3 is 2.57 bits per heavy atom. The van der Waals surface area contributed by atoms with Gasteiger partial charge in [-0.15, -0.1) is 0 Å². The maximum Gasteiger partial charge on any atom is 0.251 e. The van der Waals surface area contributed by atoms with Crippen molar-refractivity contribution >= 4 is 21.6 Å². The number of para-hydroxylation sites is 1. The highest BCUT2D eigenvalue weighted by molar-refractivity contribution is 7.92. The van der Waals surface area contributed by atoms with Crippen LogP contribution in [-0.4, -0.2) is 27.7 Å². The van der Waals surface area contributed by atoms with Gasteiger partial charge in [0, 0.05) is 12.1 Å². The van der Waals surface area contributed by atoms with Crippen LogP contribution in [-0.2, 0) is 16.6 Å². The molecule has 7 heteroatoms. The molecule has 0 aromatic heterocycles. The van der Waals surface area contributed by atoms with E-state index in [2.05, 4.69) is 10.0 Å². The van der Waals surface area contributed by atoms with Crippen molar-refractivity contribution in [2.75, 3.05) is 18.1 Å². The summed E-state index contributed by atoms with van der Waals surface area (Å²) in [6.45, 7) is 0.203. The predicted molar refractivity (Wildman–Crippen MR) is 89.1 cm³/mol. The minimum atomic E-state index is -3.38. The van der Waals surface area contributed by atoms with Gasteiger partial charge in [0.1, 0.15) is 5.75 Å². The summed E-state index contributed by atoms with van der Waals surface area (Å²) in [6.07, 6.45) is 1.08. The summed E-state index contributed by atoms with van der Waals surface area (Å²) in [6, 6.07) is 13.7. The van der Waals surface area contributed by atoms with Gasteiger partial charge in [-0.25, -0.2) is 8.42 Å². The van der Waals surface area contributed by atoms with Crippen LogP contribution in [0.15, 0.2) is 48.5 Å². The lowest BCUT2D eigenvalue weighted by molar-refractivity contribution is 0.0950. The molecule has 0 unspecified atom stereocenters. The quantitative estimate of drug-likeness (QED) is 0.846. The van der Waals surface area contributed by atoms with Crippen molar-refractivity contribution in [3.05, 3.63) is 59.7 Å². The lowest BCUT2D eigenvalue weighted by Crippen LogP contribution is -2.23. The van der Waals surface area contributed by atoms with Crippen molar-refractivity contribution in [1.29, 1.82) is 0 Å². The molecule has 0 saturated carbocycles. The van der Waals surface area contributed by atoms with Crippen LogP contribution >= 0.6 is 0 Å². The molecule has 0 saturated heterocycles. The second-order valence-electron chi connectivity index (χ2n) is 4.95. The minimum absolute atomic E-state index is 0.203. The van der Waals surface area contributed by atoms with E-state index >= 15 is 0 Å². The number of hydrogen-bond donors (Lipinski definition) is 2. The zero-order chi connectivity index (χ0) is 16.9. The number of amides is 1. The Morgan fingerprint density at radius 1 is 1.13 bits per heavy atom. The van der Waals surface area contributed by atoms with Gasteiger partial charge in [-0.3, -0.25) is 9.52 Å². The summed E-state index contributed by atoms with van der Waals surface area (Å²) in [7, 11) is -1.85. The topological polar surface area (TPSA) is 84.5 Å². The first-order valence-corrected chi connectivity index (χ1v) is 8.76. The maximum absolute atomic E-state index is 12.2. The largest absolute Gasteiger partial charge is 0.497 e. The number of anilines is 1. The predicted octanol–water partition coefficient (Wildman–Crippen LogP) is 2.00. The molecule has 0 fully saturated rings. The normalized spacial score (nSPS) is 10.9. The van der Waals surface area contributed by atoms with Gasteiger partial charge >= 0.3 is 0 Å². The van der Waals surface area contributed by atoms with Crippen molar-refractivity contribution in [3.8, 4) is 5.75 Å². The first-order chi connectivity index (χ1) is 10.9. The molecule has 2 aromatic rings. The highest BCUT2D eigenvalue weighted by Gasteiger charge is 2.10. The van der Waals surface area contributed by atoms with Gasteiger partial charge in [-0.05, 0) is 29.8 Å². The number of nitrogens with one attached hydrogen (secondary N) is 2. The summed E-state index contributed by atoms with van der Waals surface area (Å²) in [5, 5.41) is 2.76. The van der Waals surface area contributed by atoms with Gasteiger partial charge in [-0.2, -0.15) is 0 Å². The molecule has 0 aliphatic rings. The van der Waals surface area contributed by atoms with Crippen molar-refractivity contribution in [3.63, 3.8) is 0 Å². The third kappa shape index (κ3) is 5.00. The van der Waals surface area contributed by atoms with Gasteiger partial charge in [0.15, 0.2) is 0 Å². The van der Waals surface area contributed by atoms with E-state index in [0.717, 1.165) is 6.26 Å². The molecule has 0 spiro atoms. The van der Waals surface area contributed by atoms with Crippen LogP contribution in [0.5, 0.6) is 5.75 Å². The van der Waals surface area contributed by atoms with Gasteiger partial charge in [-0.1, -0.05) is 24.3 Å². The summed E-state index contributed by atoms with van der Waals surface area (Å²) in [5.74, 6) is 0.329. The fourth-order valence-corrected chi connectivity index (χ4v) is 2.61. The molecule has 23 heavy (non-hydrogen) atoms. The second kappa shape index (κ2) is 7.15. The molecule has 2 aromatic carbocycles. The summed E-state index contributed by atoms with van der Waals surface area (Å²) >= 11 is 0. The number of hydrogen-bond acceptors (Lipinski definition) is 4. The SMILES string of the molecule is COc1cccc(C(=O)NCc2ccccc2NS(C)(=O)=O)c1. The zero-order valence-corrected chi connectivity index (χ0v) is 13.7. The van der Waals surface area contributed by atoms with Crippen LogP contribution in [0.3, 0.4) is 0 Å².